The minimum absolute atomic E-state index is 0.150. The minimum Gasteiger partial charge on any atom is -0.313 e. The average Bonchev–Trinajstić information content (AvgIpc) is 2.31. The van der Waals surface area contributed by atoms with Crippen LogP contribution in [0.2, 0.25) is 0 Å². The van der Waals surface area contributed by atoms with E-state index >= 15 is 0 Å². The highest BCUT2D eigenvalue weighted by Crippen LogP contribution is 2.32. The molecule has 0 spiro atoms. The van der Waals surface area contributed by atoms with Crippen LogP contribution in [-0.2, 0) is 9.84 Å². The normalized spacial score (nSPS) is 29.4. The summed E-state index contributed by atoms with van der Waals surface area (Å²) in [6.45, 7) is 7.06. The van der Waals surface area contributed by atoms with Gasteiger partial charge in [0.05, 0.1) is 11.0 Å². The zero-order chi connectivity index (χ0) is 13.6. The Bertz CT molecular complexity index is 327. The second kappa shape index (κ2) is 7.49. The van der Waals surface area contributed by atoms with Crippen LogP contribution in [0.25, 0.3) is 0 Å². The summed E-state index contributed by atoms with van der Waals surface area (Å²) >= 11 is 0. The van der Waals surface area contributed by atoms with Crippen LogP contribution in [-0.4, -0.2) is 32.0 Å². The largest absolute Gasteiger partial charge is 0.313 e. The summed E-state index contributed by atoms with van der Waals surface area (Å²) in [5, 5.41) is 3.23. The summed E-state index contributed by atoms with van der Waals surface area (Å²) in [5.41, 5.74) is 0. The molecule has 0 aromatic heterocycles. The zero-order valence-corrected chi connectivity index (χ0v) is 12.9. The Balaban J connectivity index is 2.77. The van der Waals surface area contributed by atoms with E-state index in [1.54, 1.807) is 0 Å². The smallest absolute Gasteiger partial charge is 0.154 e. The van der Waals surface area contributed by atoms with Crippen molar-refractivity contribution in [3.05, 3.63) is 0 Å². The Morgan fingerprint density at radius 2 is 1.83 bits per heavy atom. The zero-order valence-electron chi connectivity index (χ0n) is 12.1. The maximum atomic E-state index is 12.4. The van der Waals surface area contributed by atoms with E-state index in [4.69, 9.17) is 0 Å². The second-order valence-corrected chi connectivity index (χ2v) is 7.88. The number of nitrogens with one attached hydrogen (secondary N) is 1. The van der Waals surface area contributed by atoms with Crippen molar-refractivity contribution in [3.63, 3.8) is 0 Å². The van der Waals surface area contributed by atoms with Crippen LogP contribution in [0.1, 0.15) is 59.3 Å². The fourth-order valence-electron chi connectivity index (χ4n) is 3.21. The number of sulfone groups is 1. The fraction of sp³-hybridized carbons (Fsp3) is 1.00. The molecule has 3 atom stereocenters. The van der Waals surface area contributed by atoms with Crippen molar-refractivity contribution >= 4 is 9.84 Å². The second-order valence-electron chi connectivity index (χ2n) is 5.54. The van der Waals surface area contributed by atoms with Gasteiger partial charge in [0.15, 0.2) is 9.84 Å². The van der Waals surface area contributed by atoms with Gasteiger partial charge in [-0.2, -0.15) is 0 Å². The van der Waals surface area contributed by atoms with Gasteiger partial charge in [-0.05, 0) is 38.1 Å². The van der Waals surface area contributed by atoms with Crippen LogP contribution in [0.3, 0.4) is 0 Å². The Morgan fingerprint density at radius 3 is 2.39 bits per heavy atom. The molecule has 0 aromatic carbocycles. The van der Waals surface area contributed by atoms with E-state index in [-0.39, 0.29) is 11.3 Å². The van der Waals surface area contributed by atoms with Gasteiger partial charge in [-0.3, -0.25) is 0 Å². The van der Waals surface area contributed by atoms with Crippen molar-refractivity contribution in [2.45, 2.75) is 70.6 Å². The average molecular weight is 275 g/mol. The topological polar surface area (TPSA) is 46.2 Å². The predicted octanol–water partition coefficient (Wildman–Crippen LogP) is 2.76. The highest BCUT2D eigenvalue weighted by atomic mass is 32.2. The van der Waals surface area contributed by atoms with Crippen LogP contribution >= 0.6 is 0 Å². The van der Waals surface area contributed by atoms with Crippen LogP contribution in [0, 0.1) is 5.92 Å². The van der Waals surface area contributed by atoms with Crippen molar-refractivity contribution < 1.29 is 8.42 Å². The molecule has 3 unspecified atom stereocenters. The summed E-state index contributed by atoms with van der Waals surface area (Å²) < 4.78 is 24.8. The van der Waals surface area contributed by atoms with E-state index in [0.717, 1.165) is 32.2 Å². The highest BCUT2D eigenvalue weighted by molar-refractivity contribution is 7.92. The lowest BCUT2D eigenvalue weighted by Gasteiger charge is -2.36. The summed E-state index contributed by atoms with van der Waals surface area (Å²) in [6, 6.07) is 0.180. The first-order chi connectivity index (χ1) is 8.55. The lowest BCUT2D eigenvalue weighted by molar-refractivity contribution is 0.282. The van der Waals surface area contributed by atoms with Gasteiger partial charge in [-0.1, -0.05) is 33.6 Å². The van der Waals surface area contributed by atoms with Crippen LogP contribution in [0.15, 0.2) is 0 Å². The monoisotopic (exact) mass is 275 g/mol. The Kier molecular flexibility index (Phi) is 6.64. The standard InChI is InChI=1S/C14H29NO2S/c1-4-7-12-8-9-13(15-6-3)14(11-12)18(16,17)10-5-2/h12-15H,4-11H2,1-3H3. The molecule has 0 heterocycles. The maximum Gasteiger partial charge on any atom is 0.154 e. The van der Waals surface area contributed by atoms with E-state index in [1.165, 1.54) is 12.8 Å². The molecule has 0 bridgehead atoms. The molecule has 1 saturated carbocycles. The molecule has 1 aliphatic rings. The van der Waals surface area contributed by atoms with Gasteiger partial charge >= 0.3 is 0 Å². The van der Waals surface area contributed by atoms with Gasteiger partial charge in [-0.15, -0.1) is 0 Å². The molecule has 4 heteroatoms. The molecule has 0 aliphatic heterocycles. The summed E-state index contributed by atoms with van der Waals surface area (Å²) in [4.78, 5) is 0. The first-order valence-electron chi connectivity index (χ1n) is 7.50. The third-order valence-corrected chi connectivity index (χ3v) is 6.43. The molecule has 1 N–H and O–H groups in total. The van der Waals surface area contributed by atoms with Crippen LogP contribution in [0.4, 0.5) is 0 Å². The maximum absolute atomic E-state index is 12.4. The molecule has 1 fully saturated rings. The molecule has 1 rings (SSSR count). The highest BCUT2D eigenvalue weighted by Gasteiger charge is 2.37. The molecular formula is C14H29NO2S. The third-order valence-electron chi connectivity index (χ3n) is 4.01. The molecular weight excluding hydrogens is 246 g/mol. The molecule has 3 nitrogen and oxygen atoms in total. The van der Waals surface area contributed by atoms with Gasteiger partial charge in [-0.25, -0.2) is 8.42 Å². The lowest BCUT2D eigenvalue weighted by Crippen LogP contribution is -2.48. The van der Waals surface area contributed by atoms with E-state index in [0.29, 0.717) is 11.7 Å². The number of hydrogen-bond donors (Lipinski definition) is 1. The van der Waals surface area contributed by atoms with E-state index < -0.39 is 9.84 Å². The molecule has 1 aliphatic carbocycles. The number of rotatable bonds is 7. The first-order valence-corrected chi connectivity index (χ1v) is 9.21. The fourth-order valence-corrected chi connectivity index (χ4v) is 5.38. The summed E-state index contributed by atoms with van der Waals surface area (Å²) in [7, 11) is -2.92. The van der Waals surface area contributed by atoms with Crippen molar-refractivity contribution in [3.8, 4) is 0 Å². The van der Waals surface area contributed by atoms with Gasteiger partial charge < -0.3 is 5.32 Å². The predicted molar refractivity (Wildman–Crippen MR) is 77.6 cm³/mol. The minimum atomic E-state index is -2.92. The molecule has 0 aromatic rings. The summed E-state index contributed by atoms with van der Waals surface area (Å²) in [6.07, 6.45) is 6.15. The molecule has 108 valence electrons. The molecule has 0 saturated heterocycles. The van der Waals surface area contributed by atoms with Crippen molar-refractivity contribution in [1.82, 2.24) is 5.32 Å². The van der Waals surface area contributed by atoms with E-state index in [1.807, 2.05) is 6.92 Å². The summed E-state index contributed by atoms with van der Waals surface area (Å²) in [5.74, 6) is 0.958. The first kappa shape index (κ1) is 16.0. The Hall–Kier alpha value is -0.0900. The van der Waals surface area contributed by atoms with Crippen LogP contribution in [0.5, 0.6) is 0 Å². The van der Waals surface area contributed by atoms with Gasteiger partial charge in [0.2, 0.25) is 0 Å². The quantitative estimate of drug-likeness (QED) is 0.777. The van der Waals surface area contributed by atoms with Gasteiger partial charge in [0.1, 0.15) is 0 Å². The van der Waals surface area contributed by atoms with E-state index in [2.05, 4.69) is 19.2 Å². The molecule has 0 radical (unpaired) electrons. The van der Waals surface area contributed by atoms with E-state index in [9.17, 15) is 8.42 Å². The molecule has 0 amide bonds. The third kappa shape index (κ3) is 4.23. The lowest BCUT2D eigenvalue weighted by atomic mass is 9.83. The van der Waals surface area contributed by atoms with Crippen LogP contribution < -0.4 is 5.32 Å². The van der Waals surface area contributed by atoms with Crippen molar-refractivity contribution in [1.29, 1.82) is 0 Å². The van der Waals surface area contributed by atoms with Crippen molar-refractivity contribution in [2.75, 3.05) is 12.3 Å². The van der Waals surface area contributed by atoms with Gasteiger partial charge in [0.25, 0.3) is 0 Å². The van der Waals surface area contributed by atoms with Gasteiger partial charge in [0, 0.05) is 6.04 Å². The van der Waals surface area contributed by atoms with Crippen molar-refractivity contribution in [2.24, 2.45) is 5.92 Å². The molecule has 18 heavy (non-hydrogen) atoms. The Labute approximate surface area is 113 Å². The Morgan fingerprint density at radius 1 is 1.11 bits per heavy atom. The number of hydrogen-bond acceptors (Lipinski definition) is 3. The SMILES string of the molecule is CCCC1CCC(NCC)C(S(=O)(=O)CCC)C1.